The maximum Gasteiger partial charge on any atom is 0.300 e. The number of benzene rings is 3. The first-order chi connectivity index (χ1) is 16.3. The van der Waals surface area contributed by atoms with Crippen molar-refractivity contribution in [2.75, 3.05) is 18.6 Å². The standard InChI is InChI=1S/C27H24ClNO5/c1-4-34-20-11-9-17(10-12-20)24-23(25(30)21-14-16(2)8-13-22(21)33-3)26(31)27(32)29(24)19-7-5-6-18(28)15-19/h5-15,24,30H,4H2,1-3H3/b25-23+. The Labute approximate surface area is 203 Å². The minimum Gasteiger partial charge on any atom is -0.507 e. The molecule has 4 rings (SSSR count). The van der Waals surface area contributed by atoms with E-state index in [1.807, 2.05) is 19.9 Å². The first-order valence-corrected chi connectivity index (χ1v) is 11.2. The number of carbonyl (C=O) groups excluding carboxylic acids is 2. The molecule has 3 aromatic carbocycles. The summed E-state index contributed by atoms with van der Waals surface area (Å²) >= 11 is 6.19. The summed E-state index contributed by atoms with van der Waals surface area (Å²) in [4.78, 5) is 27.9. The van der Waals surface area contributed by atoms with Crippen LogP contribution in [0.5, 0.6) is 11.5 Å². The number of ether oxygens (including phenoxy) is 2. The third-order valence-corrected chi connectivity index (χ3v) is 5.88. The number of Topliss-reactive ketones (excluding diaryl/α,β-unsaturated/α-hetero) is 1. The van der Waals surface area contributed by atoms with E-state index in [4.69, 9.17) is 21.1 Å². The molecule has 0 bridgehead atoms. The Morgan fingerprint density at radius 3 is 2.44 bits per heavy atom. The zero-order valence-electron chi connectivity index (χ0n) is 19.0. The Kier molecular flexibility index (Phi) is 6.61. The highest BCUT2D eigenvalue weighted by molar-refractivity contribution is 6.51. The second-order valence-electron chi connectivity index (χ2n) is 7.85. The lowest BCUT2D eigenvalue weighted by atomic mass is 9.94. The van der Waals surface area contributed by atoms with Gasteiger partial charge in [0.05, 0.1) is 30.9 Å². The van der Waals surface area contributed by atoms with Gasteiger partial charge in [-0.15, -0.1) is 0 Å². The third-order valence-electron chi connectivity index (χ3n) is 5.65. The molecule has 1 N–H and O–H groups in total. The molecule has 0 radical (unpaired) electrons. The highest BCUT2D eigenvalue weighted by Gasteiger charge is 2.47. The average Bonchev–Trinajstić information content (AvgIpc) is 3.09. The number of hydrogen-bond donors (Lipinski definition) is 1. The Hall–Kier alpha value is -3.77. The van der Waals surface area contributed by atoms with E-state index in [0.717, 1.165) is 5.56 Å². The van der Waals surface area contributed by atoms with E-state index in [2.05, 4.69) is 0 Å². The van der Waals surface area contributed by atoms with Gasteiger partial charge in [0.1, 0.15) is 17.3 Å². The van der Waals surface area contributed by atoms with Crippen molar-refractivity contribution >= 4 is 34.7 Å². The van der Waals surface area contributed by atoms with Crippen molar-refractivity contribution in [3.8, 4) is 11.5 Å². The second-order valence-corrected chi connectivity index (χ2v) is 8.29. The molecule has 1 unspecified atom stereocenters. The lowest BCUT2D eigenvalue weighted by Gasteiger charge is -2.26. The van der Waals surface area contributed by atoms with Gasteiger partial charge >= 0.3 is 0 Å². The minimum atomic E-state index is -0.876. The zero-order valence-corrected chi connectivity index (χ0v) is 19.8. The van der Waals surface area contributed by atoms with Crippen molar-refractivity contribution in [2.45, 2.75) is 19.9 Å². The molecule has 0 aliphatic carbocycles. The van der Waals surface area contributed by atoms with E-state index in [-0.39, 0.29) is 11.3 Å². The molecule has 1 saturated heterocycles. The zero-order chi connectivity index (χ0) is 24.4. The number of carbonyl (C=O) groups is 2. The molecule has 0 aromatic heterocycles. The van der Waals surface area contributed by atoms with Crippen LogP contribution in [0.1, 0.15) is 29.7 Å². The summed E-state index contributed by atoms with van der Waals surface area (Å²) in [7, 11) is 1.48. The van der Waals surface area contributed by atoms with Crippen molar-refractivity contribution in [3.63, 3.8) is 0 Å². The van der Waals surface area contributed by atoms with Crippen molar-refractivity contribution in [1.29, 1.82) is 0 Å². The first-order valence-electron chi connectivity index (χ1n) is 10.8. The van der Waals surface area contributed by atoms with Crippen LogP contribution in [0.25, 0.3) is 5.76 Å². The number of hydrogen-bond acceptors (Lipinski definition) is 5. The van der Waals surface area contributed by atoms with Crippen LogP contribution in [0.3, 0.4) is 0 Å². The van der Waals surface area contributed by atoms with Crippen LogP contribution in [0.2, 0.25) is 5.02 Å². The SMILES string of the molecule is CCOc1ccc(C2/C(=C(\O)c3cc(C)ccc3OC)C(=O)C(=O)N2c2cccc(Cl)c2)cc1. The summed E-state index contributed by atoms with van der Waals surface area (Å²) in [5.41, 5.74) is 2.25. The van der Waals surface area contributed by atoms with Crippen LogP contribution in [0, 0.1) is 6.92 Å². The summed E-state index contributed by atoms with van der Waals surface area (Å²) in [6.07, 6.45) is 0. The van der Waals surface area contributed by atoms with Gasteiger partial charge in [0.25, 0.3) is 11.7 Å². The monoisotopic (exact) mass is 477 g/mol. The van der Waals surface area contributed by atoms with Crippen LogP contribution >= 0.6 is 11.6 Å². The fraction of sp³-hybridized carbons (Fsp3) is 0.185. The van der Waals surface area contributed by atoms with E-state index < -0.39 is 17.7 Å². The molecule has 1 heterocycles. The van der Waals surface area contributed by atoms with Gasteiger partial charge in [-0.05, 0) is 61.9 Å². The molecule has 174 valence electrons. The van der Waals surface area contributed by atoms with Crippen LogP contribution < -0.4 is 14.4 Å². The van der Waals surface area contributed by atoms with Crippen LogP contribution in [0.4, 0.5) is 5.69 Å². The molecular weight excluding hydrogens is 454 g/mol. The number of ketones is 1. The Morgan fingerprint density at radius 1 is 1.06 bits per heavy atom. The number of halogens is 1. The summed E-state index contributed by atoms with van der Waals surface area (Å²) in [5, 5.41) is 11.8. The van der Waals surface area contributed by atoms with Crippen molar-refractivity contribution in [2.24, 2.45) is 0 Å². The largest absolute Gasteiger partial charge is 0.507 e. The summed E-state index contributed by atoms with van der Waals surface area (Å²) in [5.74, 6) is -0.801. The predicted molar refractivity (Wildman–Crippen MR) is 132 cm³/mol. The average molecular weight is 478 g/mol. The van der Waals surface area contributed by atoms with Crippen molar-refractivity contribution in [3.05, 3.63) is 94.0 Å². The highest BCUT2D eigenvalue weighted by Crippen LogP contribution is 2.44. The molecule has 1 aliphatic heterocycles. The van der Waals surface area contributed by atoms with Gasteiger partial charge < -0.3 is 14.6 Å². The number of methoxy groups -OCH3 is 1. The first kappa shape index (κ1) is 23.4. The minimum absolute atomic E-state index is 0.0296. The van der Waals surface area contributed by atoms with Gasteiger partial charge in [-0.2, -0.15) is 0 Å². The van der Waals surface area contributed by atoms with Gasteiger partial charge in [0, 0.05) is 10.7 Å². The Bertz CT molecular complexity index is 1280. The van der Waals surface area contributed by atoms with Crippen molar-refractivity contribution in [1.82, 2.24) is 0 Å². The smallest absolute Gasteiger partial charge is 0.300 e. The van der Waals surface area contributed by atoms with Gasteiger partial charge in [0.15, 0.2) is 0 Å². The number of aryl methyl sites for hydroxylation is 1. The lowest BCUT2D eigenvalue weighted by Crippen LogP contribution is -2.29. The molecular formula is C27H24ClNO5. The van der Waals surface area contributed by atoms with E-state index >= 15 is 0 Å². The van der Waals surface area contributed by atoms with Gasteiger partial charge in [-0.3, -0.25) is 14.5 Å². The van der Waals surface area contributed by atoms with E-state index in [9.17, 15) is 14.7 Å². The number of aliphatic hydroxyl groups is 1. The highest BCUT2D eigenvalue weighted by atomic mass is 35.5. The Morgan fingerprint density at radius 2 is 1.79 bits per heavy atom. The molecule has 7 heteroatoms. The second kappa shape index (κ2) is 9.61. The van der Waals surface area contributed by atoms with E-state index in [1.54, 1.807) is 60.7 Å². The molecule has 0 spiro atoms. The van der Waals surface area contributed by atoms with E-state index in [1.165, 1.54) is 12.0 Å². The molecule has 0 saturated carbocycles. The number of anilines is 1. The maximum absolute atomic E-state index is 13.3. The van der Waals surface area contributed by atoms with E-state index in [0.29, 0.717) is 39.9 Å². The summed E-state index contributed by atoms with van der Waals surface area (Å²) < 4.78 is 11.0. The number of aliphatic hydroxyl groups excluding tert-OH is 1. The third kappa shape index (κ3) is 4.24. The number of rotatable bonds is 6. The topological polar surface area (TPSA) is 76.1 Å². The van der Waals surface area contributed by atoms with Crippen LogP contribution in [0.15, 0.2) is 72.3 Å². The molecule has 6 nitrogen and oxygen atoms in total. The lowest BCUT2D eigenvalue weighted by molar-refractivity contribution is -0.132. The normalized spacial score (nSPS) is 17.2. The van der Waals surface area contributed by atoms with Gasteiger partial charge in [-0.25, -0.2) is 0 Å². The molecule has 1 amide bonds. The molecule has 34 heavy (non-hydrogen) atoms. The van der Waals surface area contributed by atoms with Crippen LogP contribution in [-0.2, 0) is 9.59 Å². The van der Waals surface area contributed by atoms with Crippen LogP contribution in [-0.4, -0.2) is 30.5 Å². The predicted octanol–water partition coefficient (Wildman–Crippen LogP) is 5.68. The van der Waals surface area contributed by atoms with Gasteiger partial charge in [-0.1, -0.05) is 41.4 Å². The summed E-state index contributed by atoms with van der Waals surface area (Å²) in [6.45, 7) is 4.26. The summed E-state index contributed by atoms with van der Waals surface area (Å²) in [6, 6.07) is 18.2. The maximum atomic E-state index is 13.3. The van der Waals surface area contributed by atoms with Crippen molar-refractivity contribution < 1.29 is 24.2 Å². The molecule has 1 fully saturated rings. The fourth-order valence-electron chi connectivity index (χ4n) is 4.11. The quantitative estimate of drug-likeness (QED) is 0.281. The Balaban J connectivity index is 1.95. The molecule has 3 aromatic rings. The van der Waals surface area contributed by atoms with Gasteiger partial charge in [0.2, 0.25) is 0 Å². The molecule has 1 aliphatic rings. The number of amides is 1. The number of nitrogens with zero attached hydrogens (tertiary/aromatic N) is 1. The fourth-order valence-corrected chi connectivity index (χ4v) is 4.29. The molecule has 1 atom stereocenters.